The van der Waals surface area contributed by atoms with Crippen LogP contribution in [0.2, 0.25) is 0 Å². The highest BCUT2D eigenvalue weighted by Gasteiger charge is 2.09. The number of aryl methyl sites for hydroxylation is 2. The lowest BCUT2D eigenvalue weighted by Crippen LogP contribution is -2.50. The zero-order valence-electron chi connectivity index (χ0n) is 16.1. The molecule has 0 fully saturated rings. The van der Waals surface area contributed by atoms with Gasteiger partial charge in [-0.15, -0.1) is 0 Å². The fraction of sp³-hybridized carbons (Fsp3) is 0.250. The van der Waals surface area contributed by atoms with E-state index in [-0.39, 0.29) is 18.3 Å². The van der Waals surface area contributed by atoms with E-state index in [2.05, 4.69) is 39.0 Å². The van der Waals surface area contributed by atoms with Gasteiger partial charge in [0.15, 0.2) is 18.3 Å². The first kappa shape index (κ1) is 22.6. The number of carbonyl (C=O) groups is 2. The molecule has 0 saturated carbocycles. The molecule has 0 bridgehead atoms. The first-order valence-corrected chi connectivity index (χ1v) is 10.1. The van der Waals surface area contributed by atoms with Crippen molar-refractivity contribution in [3.8, 4) is 11.5 Å². The third kappa shape index (κ3) is 7.71. The lowest BCUT2D eigenvalue weighted by molar-refractivity contribution is -0.124. The summed E-state index contributed by atoms with van der Waals surface area (Å²) in [5.41, 5.74) is 6.88. The second-order valence-corrected chi connectivity index (χ2v) is 7.27. The van der Waals surface area contributed by atoms with E-state index in [1.807, 2.05) is 37.3 Å². The largest absolute Gasteiger partial charge is 0.483 e. The highest BCUT2D eigenvalue weighted by atomic mass is 79.9. The van der Waals surface area contributed by atoms with Crippen LogP contribution in [-0.2, 0) is 16.0 Å². The topological polar surface area (TPSA) is 88.7 Å². The van der Waals surface area contributed by atoms with Gasteiger partial charge in [0, 0.05) is 0 Å². The fourth-order valence-corrected chi connectivity index (χ4v) is 2.95. The number of hydrogen-bond donors (Lipinski definition) is 3. The number of carbonyl (C=O) groups excluding carboxylic acids is 2. The summed E-state index contributed by atoms with van der Waals surface area (Å²) in [6.07, 6.45) is 0.905. The van der Waals surface area contributed by atoms with Gasteiger partial charge in [-0.05, 0) is 70.8 Å². The molecule has 2 aromatic rings. The van der Waals surface area contributed by atoms with E-state index in [1.54, 1.807) is 12.1 Å². The van der Waals surface area contributed by atoms with Crippen LogP contribution in [0.5, 0.6) is 11.5 Å². The molecule has 0 atom stereocenters. The van der Waals surface area contributed by atoms with Crippen LogP contribution >= 0.6 is 28.1 Å². The van der Waals surface area contributed by atoms with E-state index in [1.165, 1.54) is 0 Å². The quantitative estimate of drug-likeness (QED) is 0.417. The van der Waals surface area contributed by atoms with Gasteiger partial charge >= 0.3 is 0 Å². The van der Waals surface area contributed by atoms with Crippen molar-refractivity contribution in [1.82, 2.24) is 16.2 Å². The minimum atomic E-state index is -0.454. The molecule has 7 nitrogen and oxygen atoms in total. The summed E-state index contributed by atoms with van der Waals surface area (Å²) in [5.74, 6) is 0.270. The zero-order valence-corrected chi connectivity index (χ0v) is 18.5. The fourth-order valence-electron chi connectivity index (χ4n) is 2.24. The van der Waals surface area contributed by atoms with Crippen LogP contribution in [0.4, 0.5) is 0 Å². The molecule has 2 rings (SSSR count). The van der Waals surface area contributed by atoms with Crippen LogP contribution in [-0.4, -0.2) is 30.1 Å². The molecule has 0 aliphatic heterocycles. The van der Waals surface area contributed by atoms with E-state index < -0.39 is 11.8 Å². The number of para-hydroxylation sites is 1. The summed E-state index contributed by atoms with van der Waals surface area (Å²) in [6, 6.07) is 13.0. The second-order valence-electron chi connectivity index (χ2n) is 6.01. The lowest BCUT2D eigenvalue weighted by atomic mass is 10.2. The van der Waals surface area contributed by atoms with Crippen LogP contribution in [0.1, 0.15) is 18.1 Å². The van der Waals surface area contributed by atoms with Crippen molar-refractivity contribution >= 4 is 45.1 Å². The van der Waals surface area contributed by atoms with Gasteiger partial charge in [0.05, 0.1) is 4.47 Å². The Morgan fingerprint density at radius 3 is 2.38 bits per heavy atom. The molecule has 154 valence electrons. The minimum Gasteiger partial charge on any atom is -0.483 e. The molecule has 29 heavy (non-hydrogen) atoms. The Labute approximate surface area is 183 Å². The van der Waals surface area contributed by atoms with Crippen molar-refractivity contribution in [2.45, 2.75) is 20.3 Å². The zero-order chi connectivity index (χ0) is 21.2. The predicted molar refractivity (Wildman–Crippen MR) is 118 cm³/mol. The number of halogens is 1. The Morgan fingerprint density at radius 1 is 1.00 bits per heavy atom. The van der Waals surface area contributed by atoms with E-state index in [0.717, 1.165) is 22.0 Å². The summed E-state index contributed by atoms with van der Waals surface area (Å²) in [5, 5.41) is 2.36. The van der Waals surface area contributed by atoms with Crippen molar-refractivity contribution in [3.05, 3.63) is 58.1 Å². The van der Waals surface area contributed by atoms with Gasteiger partial charge in [0.25, 0.3) is 11.8 Å². The molecule has 0 aliphatic carbocycles. The number of ether oxygens (including phenoxy) is 2. The smallest absolute Gasteiger partial charge is 0.276 e. The van der Waals surface area contributed by atoms with Crippen molar-refractivity contribution in [2.75, 3.05) is 13.2 Å². The SMILES string of the molecule is CCc1ccc(OCC(=O)NNC(=S)NC(=O)COc2ccccc2C)c(Br)c1. The van der Waals surface area contributed by atoms with Crippen molar-refractivity contribution in [2.24, 2.45) is 0 Å². The molecule has 0 saturated heterocycles. The third-order valence-electron chi connectivity index (χ3n) is 3.78. The Morgan fingerprint density at radius 2 is 1.69 bits per heavy atom. The number of hydrazine groups is 1. The first-order valence-electron chi connectivity index (χ1n) is 8.87. The second kappa shape index (κ2) is 11.4. The number of benzene rings is 2. The highest BCUT2D eigenvalue weighted by Crippen LogP contribution is 2.26. The molecule has 2 aromatic carbocycles. The number of hydrogen-bond acceptors (Lipinski definition) is 5. The third-order valence-corrected chi connectivity index (χ3v) is 4.61. The van der Waals surface area contributed by atoms with Crippen LogP contribution in [0.3, 0.4) is 0 Å². The minimum absolute atomic E-state index is 0.0507. The average molecular weight is 480 g/mol. The van der Waals surface area contributed by atoms with Crippen molar-refractivity contribution < 1.29 is 19.1 Å². The highest BCUT2D eigenvalue weighted by molar-refractivity contribution is 9.10. The monoisotopic (exact) mass is 479 g/mol. The number of rotatable bonds is 7. The summed E-state index contributed by atoms with van der Waals surface area (Å²) >= 11 is 8.38. The Hall–Kier alpha value is -2.65. The van der Waals surface area contributed by atoms with Crippen LogP contribution in [0.15, 0.2) is 46.9 Å². The molecule has 9 heteroatoms. The normalized spacial score (nSPS) is 10.0. The lowest BCUT2D eigenvalue weighted by Gasteiger charge is -2.13. The molecule has 2 amide bonds. The summed E-state index contributed by atoms with van der Waals surface area (Å²) in [6.45, 7) is 3.52. The van der Waals surface area contributed by atoms with Crippen LogP contribution < -0.4 is 25.6 Å². The van der Waals surface area contributed by atoms with Gasteiger partial charge in [-0.2, -0.15) is 0 Å². The molecule has 0 aromatic heterocycles. The van der Waals surface area contributed by atoms with E-state index >= 15 is 0 Å². The number of nitrogens with one attached hydrogen (secondary N) is 3. The standard InChI is InChI=1S/C20H22BrN3O4S/c1-3-14-8-9-17(15(21)10-14)28-12-19(26)23-24-20(29)22-18(25)11-27-16-7-5-4-6-13(16)2/h4-10H,3,11-12H2,1-2H3,(H,23,26)(H2,22,24,25,29). The Bertz CT molecular complexity index is 892. The molecule has 0 radical (unpaired) electrons. The van der Waals surface area contributed by atoms with Gasteiger partial charge in [-0.3, -0.25) is 25.8 Å². The van der Waals surface area contributed by atoms with E-state index in [4.69, 9.17) is 21.7 Å². The number of thiocarbonyl (C=S) groups is 1. The summed E-state index contributed by atoms with van der Waals surface area (Å²) in [4.78, 5) is 23.8. The van der Waals surface area contributed by atoms with Gasteiger partial charge in [-0.25, -0.2) is 0 Å². The Kier molecular flexibility index (Phi) is 8.88. The molecule has 0 spiro atoms. The molecule has 3 N–H and O–H groups in total. The van der Waals surface area contributed by atoms with Gasteiger partial charge in [0.2, 0.25) is 0 Å². The molecular formula is C20H22BrN3O4S. The predicted octanol–water partition coefficient (Wildman–Crippen LogP) is 2.80. The molecular weight excluding hydrogens is 458 g/mol. The first-order chi connectivity index (χ1) is 13.9. The molecule has 0 heterocycles. The van der Waals surface area contributed by atoms with E-state index in [9.17, 15) is 9.59 Å². The van der Waals surface area contributed by atoms with Crippen molar-refractivity contribution in [3.63, 3.8) is 0 Å². The summed E-state index contributed by atoms with van der Waals surface area (Å²) in [7, 11) is 0. The van der Waals surface area contributed by atoms with Crippen LogP contribution in [0.25, 0.3) is 0 Å². The molecule has 0 unspecified atom stereocenters. The van der Waals surface area contributed by atoms with Gasteiger partial charge in [-0.1, -0.05) is 31.2 Å². The number of amides is 2. The van der Waals surface area contributed by atoms with Gasteiger partial charge < -0.3 is 9.47 Å². The van der Waals surface area contributed by atoms with E-state index in [0.29, 0.717) is 11.5 Å². The Balaban J connectivity index is 1.68. The summed E-state index contributed by atoms with van der Waals surface area (Å²) < 4.78 is 11.7. The maximum Gasteiger partial charge on any atom is 0.276 e. The van der Waals surface area contributed by atoms with Crippen molar-refractivity contribution in [1.29, 1.82) is 0 Å². The maximum atomic E-state index is 11.9. The van der Waals surface area contributed by atoms with Crippen LogP contribution in [0, 0.1) is 6.92 Å². The molecule has 0 aliphatic rings. The van der Waals surface area contributed by atoms with Gasteiger partial charge in [0.1, 0.15) is 11.5 Å². The average Bonchev–Trinajstić information content (AvgIpc) is 2.70. The maximum absolute atomic E-state index is 11.9.